The fourth-order valence-electron chi connectivity index (χ4n) is 1.92. The van der Waals surface area contributed by atoms with Crippen molar-refractivity contribution in [2.45, 2.75) is 39.8 Å². The van der Waals surface area contributed by atoms with Gasteiger partial charge in [0.25, 0.3) is 11.9 Å². The second-order valence-electron chi connectivity index (χ2n) is 4.79. The van der Waals surface area contributed by atoms with Gasteiger partial charge in [-0.1, -0.05) is 150 Å². The number of hydrogen-bond acceptors (Lipinski definition) is 1. The summed E-state index contributed by atoms with van der Waals surface area (Å²) in [6.45, 7) is 8.97. The largest absolute Gasteiger partial charge is 0.304 e. The molecular weight excluding hydrogens is 918 g/mol. The molecule has 0 fully saturated rings. The monoisotopic (exact) mass is 922 g/mol. The molecular formula is C6H14Br9NSi4. The van der Waals surface area contributed by atoms with Crippen LogP contribution in [0.2, 0.25) is 0 Å². The van der Waals surface area contributed by atoms with E-state index in [0.29, 0.717) is 12.1 Å². The quantitative estimate of drug-likeness (QED) is 0.196. The third-order valence-corrected chi connectivity index (χ3v) is 187. The first-order valence-electron chi connectivity index (χ1n) is 5.50. The number of hydrogen-bond donors (Lipinski definition) is 0. The molecule has 20 heavy (non-hydrogen) atoms. The predicted molar refractivity (Wildman–Crippen MR) is 135 cm³/mol. The molecule has 0 aliphatic rings. The van der Waals surface area contributed by atoms with E-state index in [2.05, 4.69) is 170 Å². The van der Waals surface area contributed by atoms with Crippen LogP contribution in [0.25, 0.3) is 0 Å². The molecule has 0 N–H and O–H groups in total. The normalized spacial score (nSPS) is 15.6. The van der Waals surface area contributed by atoms with E-state index in [9.17, 15) is 0 Å². The average molecular weight is 932 g/mol. The molecule has 0 saturated heterocycles. The summed E-state index contributed by atoms with van der Waals surface area (Å²) in [5.74, 6) is 0. The van der Waals surface area contributed by atoms with Gasteiger partial charge in [0.05, 0.1) is 0 Å². The Hall–Kier alpha value is 5.15. The first-order chi connectivity index (χ1) is 8.51. The van der Waals surface area contributed by atoms with Gasteiger partial charge in [-0.15, -0.1) is 15.3 Å². The van der Waals surface area contributed by atoms with Crippen molar-refractivity contribution in [2.24, 2.45) is 0 Å². The van der Waals surface area contributed by atoms with Crippen LogP contribution >= 0.6 is 138 Å². The molecule has 0 aromatic carbocycles. The minimum atomic E-state index is -2.13. The van der Waals surface area contributed by atoms with Crippen LogP contribution in [0, 0.1) is 0 Å². The van der Waals surface area contributed by atoms with Crippen LogP contribution in [0.3, 0.4) is 0 Å². The van der Waals surface area contributed by atoms with E-state index in [1.54, 1.807) is 0 Å². The van der Waals surface area contributed by atoms with Gasteiger partial charge in [-0.3, -0.25) is 0 Å². The zero-order valence-corrected chi connectivity index (χ0v) is 29.3. The third kappa shape index (κ3) is 5.33. The molecule has 0 aliphatic carbocycles. The summed E-state index contributed by atoms with van der Waals surface area (Å²) < 4.78 is -1.42. The first-order valence-corrected chi connectivity index (χ1v) is 36.8. The lowest BCUT2D eigenvalue weighted by Crippen LogP contribution is -2.79. The van der Waals surface area contributed by atoms with Crippen molar-refractivity contribution in [3.8, 4) is 0 Å². The van der Waals surface area contributed by atoms with Crippen molar-refractivity contribution >= 4 is 155 Å². The maximum Gasteiger partial charge on any atom is 0.272 e. The van der Waals surface area contributed by atoms with Crippen LogP contribution in [-0.2, 0) is 0 Å². The van der Waals surface area contributed by atoms with Gasteiger partial charge in [-0.05, 0) is 12.1 Å². The van der Waals surface area contributed by atoms with Crippen molar-refractivity contribution in [2.75, 3.05) is 0 Å². The standard InChI is InChI=1S/C6H14Br9NSi4/c1-5(2)16(6(3)4)19(13,14)20(15,17(7,8)9)18(10,11)12/h5-6H,1-4H3. The average Bonchev–Trinajstić information content (AvgIpc) is 2.09. The molecule has 14 heteroatoms. The summed E-state index contributed by atoms with van der Waals surface area (Å²) in [7, 11) is 0. The highest BCUT2D eigenvalue weighted by atomic mass is 80.0. The van der Waals surface area contributed by atoms with Crippen molar-refractivity contribution in [3.05, 3.63) is 0 Å². The second-order valence-corrected chi connectivity index (χ2v) is 106. The summed E-state index contributed by atoms with van der Waals surface area (Å²) >= 11 is 36.0. The Bertz CT molecular complexity index is 316. The van der Waals surface area contributed by atoms with Gasteiger partial charge >= 0.3 is 0 Å². The minimum absolute atomic E-state index is 0.442. The van der Waals surface area contributed by atoms with E-state index in [1.807, 2.05) is 0 Å². The molecule has 122 valence electrons. The molecule has 0 aliphatic heterocycles. The predicted octanol–water partition coefficient (Wildman–Crippen LogP) is 7.66. The molecule has 1 nitrogen and oxygen atoms in total. The minimum Gasteiger partial charge on any atom is -0.304 e. The number of nitrogens with zero attached hydrogens (tertiary/aromatic N) is 1. The molecule has 0 amide bonds. The summed E-state index contributed by atoms with van der Waals surface area (Å²) in [4.78, 5) is -2.13. The van der Waals surface area contributed by atoms with Gasteiger partial charge in [-0.2, -0.15) is 0 Å². The van der Waals surface area contributed by atoms with E-state index < -0.39 is 17.1 Å². The van der Waals surface area contributed by atoms with Gasteiger partial charge in [0, 0.05) is 0 Å². The molecule has 0 bridgehead atoms. The molecule has 0 rings (SSSR count). The SMILES string of the molecule is CC(C)N(C(C)C)[Si](Br)(Br)[Si](Br)([Si](Br)(Br)Br)[Si](Br)(Br)Br. The highest BCUT2D eigenvalue weighted by Gasteiger charge is 2.76. The molecule has 0 aromatic heterocycles. The van der Waals surface area contributed by atoms with Crippen molar-refractivity contribution in [3.63, 3.8) is 0 Å². The first kappa shape index (κ1) is 25.1. The van der Waals surface area contributed by atoms with Gasteiger partial charge in [-0.25, -0.2) is 0 Å². The summed E-state index contributed by atoms with van der Waals surface area (Å²) in [6.07, 6.45) is 0. The van der Waals surface area contributed by atoms with Crippen LogP contribution in [-0.4, -0.2) is 33.8 Å². The van der Waals surface area contributed by atoms with Gasteiger partial charge in [0.2, 0.25) is 5.25 Å². The Morgan fingerprint density at radius 1 is 0.600 bits per heavy atom. The number of halogens is 9. The molecule has 0 radical (unpaired) electrons. The van der Waals surface area contributed by atoms with Gasteiger partial charge in [0.15, 0.2) is 0 Å². The molecule has 0 saturated carbocycles. The highest BCUT2D eigenvalue weighted by molar-refractivity contribution is 9.85. The summed E-state index contributed by atoms with van der Waals surface area (Å²) in [5.41, 5.74) is 0. The van der Waals surface area contributed by atoms with Crippen LogP contribution in [0.1, 0.15) is 27.7 Å². The Morgan fingerprint density at radius 2 is 0.850 bits per heavy atom. The van der Waals surface area contributed by atoms with Crippen molar-refractivity contribution < 1.29 is 0 Å². The molecule has 0 unspecified atom stereocenters. The smallest absolute Gasteiger partial charge is 0.272 e. The summed E-state index contributed by atoms with van der Waals surface area (Å²) in [6, 6.07) is 0.884. The van der Waals surface area contributed by atoms with Gasteiger partial charge < -0.3 is 4.57 Å². The molecule has 0 atom stereocenters. The lowest BCUT2D eigenvalue weighted by molar-refractivity contribution is 0.313. The van der Waals surface area contributed by atoms with Crippen molar-refractivity contribution in [1.82, 2.24) is 4.57 Å². The van der Waals surface area contributed by atoms with Gasteiger partial charge in [0.1, 0.15) is 0 Å². The molecule has 0 spiro atoms. The van der Waals surface area contributed by atoms with Crippen LogP contribution in [0.15, 0.2) is 0 Å². The molecule has 0 aromatic rings. The fourth-order valence-corrected chi connectivity index (χ4v) is 306. The second kappa shape index (κ2) is 8.89. The molecule has 0 heterocycles. The topological polar surface area (TPSA) is 3.24 Å². The van der Waals surface area contributed by atoms with E-state index in [-0.39, 0.29) is 0 Å². The van der Waals surface area contributed by atoms with E-state index >= 15 is 0 Å². The maximum absolute atomic E-state index is 4.19. The summed E-state index contributed by atoms with van der Waals surface area (Å²) in [5, 5.41) is -2.08. The highest BCUT2D eigenvalue weighted by Crippen LogP contribution is 2.60. The Balaban J connectivity index is 6.19. The fraction of sp³-hybridized carbons (Fsp3) is 1.00. The van der Waals surface area contributed by atoms with Crippen molar-refractivity contribution in [1.29, 1.82) is 0 Å². The maximum atomic E-state index is 4.19. The zero-order valence-electron chi connectivity index (χ0n) is 11.0. The number of rotatable bonds is 6. The van der Waals surface area contributed by atoms with Crippen LogP contribution < -0.4 is 0 Å². The third-order valence-electron chi connectivity index (χ3n) is 2.63. The Labute approximate surface area is 195 Å². The Kier molecular flexibility index (Phi) is 11.2. The zero-order chi connectivity index (χ0) is 16.7. The van der Waals surface area contributed by atoms with Crippen LogP contribution in [0.5, 0.6) is 0 Å². The van der Waals surface area contributed by atoms with E-state index in [0.717, 1.165) is 0 Å². The van der Waals surface area contributed by atoms with E-state index in [1.165, 1.54) is 0 Å². The Morgan fingerprint density at radius 3 is 1.00 bits per heavy atom. The van der Waals surface area contributed by atoms with E-state index in [4.69, 9.17) is 0 Å². The van der Waals surface area contributed by atoms with Crippen LogP contribution in [0.4, 0.5) is 0 Å². The lowest BCUT2D eigenvalue weighted by atomic mass is 10.3. The lowest BCUT2D eigenvalue weighted by Gasteiger charge is -2.51.